The maximum absolute atomic E-state index is 13.7. The van der Waals surface area contributed by atoms with Gasteiger partial charge in [0.15, 0.2) is 11.5 Å². The Bertz CT molecular complexity index is 1850. The Kier molecular flexibility index (Phi) is 7.39. The van der Waals surface area contributed by atoms with Crippen LogP contribution in [-0.2, 0) is 12.8 Å². The number of benzene rings is 2. The summed E-state index contributed by atoms with van der Waals surface area (Å²) >= 11 is 0.618. The predicted octanol–water partition coefficient (Wildman–Crippen LogP) is 6.72. The highest BCUT2D eigenvalue weighted by atomic mass is 32.1. The number of alkyl halides is 3. The van der Waals surface area contributed by atoms with Crippen molar-refractivity contribution in [1.29, 1.82) is 0 Å². The fourth-order valence-electron chi connectivity index (χ4n) is 4.18. The number of anilines is 1. The van der Waals surface area contributed by atoms with Gasteiger partial charge in [-0.1, -0.05) is 36.4 Å². The summed E-state index contributed by atoms with van der Waals surface area (Å²) in [4.78, 5) is 39.6. The fourth-order valence-corrected chi connectivity index (χ4v) is 5.18. The van der Waals surface area contributed by atoms with Gasteiger partial charge in [0.25, 0.3) is 11.8 Å². The van der Waals surface area contributed by atoms with E-state index >= 15 is 0 Å². The van der Waals surface area contributed by atoms with Crippen molar-refractivity contribution in [3.8, 4) is 16.9 Å². The van der Waals surface area contributed by atoms with Gasteiger partial charge >= 0.3 is 11.9 Å². The summed E-state index contributed by atoms with van der Waals surface area (Å²) in [5.74, 6) is -1.87. The zero-order chi connectivity index (χ0) is 30.2. The van der Waals surface area contributed by atoms with Crippen molar-refractivity contribution in [3.63, 3.8) is 0 Å². The van der Waals surface area contributed by atoms with Gasteiger partial charge in [-0.2, -0.15) is 13.2 Å². The first-order valence-corrected chi connectivity index (χ1v) is 12.9. The second-order valence-corrected chi connectivity index (χ2v) is 10.0. The number of nitro groups is 1. The molecule has 0 saturated heterocycles. The molecule has 214 valence electrons. The van der Waals surface area contributed by atoms with Crippen molar-refractivity contribution in [2.75, 3.05) is 5.32 Å². The second kappa shape index (κ2) is 11.0. The van der Waals surface area contributed by atoms with Crippen LogP contribution in [-0.4, -0.2) is 21.7 Å². The van der Waals surface area contributed by atoms with E-state index < -0.39 is 28.6 Å². The van der Waals surface area contributed by atoms with Crippen LogP contribution in [0.25, 0.3) is 21.3 Å². The third-order valence-electron chi connectivity index (χ3n) is 6.07. The number of ether oxygens (including phenoxy) is 1. The maximum Gasteiger partial charge on any atom is 0.433 e. The van der Waals surface area contributed by atoms with Crippen molar-refractivity contribution in [2.24, 2.45) is 5.73 Å². The quantitative estimate of drug-likeness (QED) is 0.149. The Balaban J connectivity index is 1.48. The molecular weight excluding hydrogens is 577 g/mol. The number of carbonyl (C=O) groups excluding carboxylic acids is 2. The molecule has 14 heteroatoms. The fraction of sp³-hybridized carbons (Fsp3) is 0.107. The summed E-state index contributed by atoms with van der Waals surface area (Å²) in [6.07, 6.45) is -4.77. The lowest BCUT2D eigenvalue weighted by atomic mass is 10.0. The topological polar surface area (TPSA) is 151 Å². The van der Waals surface area contributed by atoms with E-state index in [0.717, 1.165) is 6.07 Å². The van der Waals surface area contributed by atoms with E-state index in [-0.39, 0.29) is 55.9 Å². The normalized spacial score (nSPS) is 11.4. The van der Waals surface area contributed by atoms with Crippen molar-refractivity contribution in [1.82, 2.24) is 4.98 Å². The molecule has 3 heterocycles. The molecule has 0 unspecified atom stereocenters. The third-order valence-corrected chi connectivity index (χ3v) is 7.16. The number of halogens is 3. The summed E-state index contributed by atoms with van der Waals surface area (Å²) in [5, 5.41) is 14.0. The SMILES string of the molecule is Cc1ccc(OCc2ccc(C(=O)Nc3c(C(N)=O)sc4nc(C(F)(F)F)cc(-c5ccccc5)c34)o2)c([N+](=O)[O-])c1. The van der Waals surface area contributed by atoms with Crippen LogP contribution < -0.4 is 15.8 Å². The number of hydrogen-bond acceptors (Lipinski definition) is 8. The van der Waals surface area contributed by atoms with Crippen LogP contribution in [0.1, 0.15) is 37.2 Å². The minimum Gasteiger partial charge on any atom is -0.479 e. The average Bonchev–Trinajstić information content (AvgIpc) is 3.57. The number of aryl methyl sites for hydroxylation is 1. The average molecular weight is 597 g/mol. The number of nitrogens with two attached hydrogens (primary N) is 1. The largest absolute Gasteiger partial charge is 0.479 e. The van der Waals surface area contributed by atoms with E-state index in [0.29, 0.717) is 22.5 Å². The van der Waals surface area contributed by atoms with Crippen molar-refractivity contribution < 1.29 is 36.8 Å². The Labute approximate surface area is 238 Å². The van der Waals surface area contributed by atoms with Crippen molar-refractivity contribution >= 4 is 44.7 Å². The van der Waals surface area contributed by atoms with E-state index in [1.54, 1.807) is 43.3 Å². The number of carbonyl (C=O) groups is 2. The lowest BCUT2D eigenvalue weighted by molar-refractivity contribution is -0.386. The maximum atomic E-state index is 13.7. The molecule has 2 aromatic carbocycles. The summed E-state index contributed by atoms with van der Waals surface area (Å²) in [6, 6.07) is 16.1. The molecule has 0 atom stereocenters. The number of nitrogens with zero attached hydrogens (tertiary/aromatic N) is 2. The van der Waals surface area contributed by atoms with Crippen LogP contribution >= 0.6 is 11.3 Å². The van der Waals surface area contributed by atoms with Gasteiger partial charge in [-0.15, -0.1) is 11.3 Å². The number of nitro benzene ring substituents is 1. The molecule has 10 nitrogen and oxygen atoms in total. The van der Waals surface area contributed by atoms with Gasteiger partial charge < -0.3 is 20.2 Å². The number of rotatable bonds is 8. The standard InChI is InChI=1S/C28H19F3N4O6S/c1-14-7-9-19(18(11-14)35(38)39)40-13-16-8-10-20(41-16)26(37)34-23-22-17(15-5-3-2-4-6-15)12-21(28(29,30)31)33-27(22)42-24(23)25(32)36/h2-12H,13H2,1H3,(H2,32,36)(H,34,37). The lowest BCUT2D eigenvalue weighted by Gasteiger charge is -2.12. The lowest BCUT2D eigenvalue weighted by Crippen LogP contribution is -2.16. The van der Waals surface area contributed by atoms with E-state index in [9.17, 15) is 32.9 Å². The molecule has 5 aromatic rings. The third kappa shape index (κ3) is 5.65. The van der Waals surface area contributed by atoms with Gasteiger partial charge in [-0.3, -0.25) is 19.7 Å². The number of amides is 2. The molecule has 2 amide bonds. The number of thiophene rings is 1. The number of hydrogen-bond donors (Lipinski definition) is 2. The molecular formula is C28H19F3N4O6S. The van der Waals surface area contributed by atoms with Gasteiger partial charge in [-0.25, -0.2) is 4.98 Å². The first-order valence-electron chi connectivity index (χ1n) is 12.1. The number of nitrogens with one attached hydrogen (secondary N) is 1. The monoisotopic (exact) mass is 596 g/mol. The first kappa shape index (κ1) is 28.3. The van der Waals surface area contributed by atoms with Crippen molar-refractivity contribution in [2.45, 2.75) is 19.7 Å². The molecule has 0 aliphatic heterocycles. The summed E-state index contributed by atoms with van der Waals surface area (Å²) in [5.41, 5.74) is 5.15. The molecule has 5 rings (SSSR count). The van der Waals surface area contributed by atoms with Gasteiger partial charge in [-0.05, 0) is 47.9 Å². The molecule has 42 heavy (non-hydrogen) atoms. The number of primary amides is 1. The van der Waals surface area contributed by atoms with Crippen LogP contribution in [0, 0.1) is 17.0 Å². The van der Waals surface area contributed by atoms with Gasteiger partial charge in [0.1, 0.15) is 27.8 Å². The Morgan fingerprint density at radius 2 is 1.86 bits per heavy atom. The summed E-state index contributed by atoms with van der Waals surface area (Å²) in [6.45, 7) is 1.45. The highest BCUT2D eigenvalue weighted by molar-refractivity contribution is 7.21. The first-order chi connectivity index (χ1) is 19.9. The Morgan fingerprint density at radius 1 is 1.12 bits per heavy atom. The zero-order valence-corrected chi connectivity index (χ0v) is 22.3. The molecule has 0 saturated carbocycles. The molecule has 0 aliphatic rings. The molecule has 0 aliphatic carbocycles. The number of pyridine rings is 1. The minimum atomic E-state index is -4.77. The summed E-state index contributed by atoms with van der Waals surface area (Å²) in [7, 11) is 0. The predicted molar refractivity (Wildman–Crippen MR) is 147 cm³/mol. The smallest absolute Gasteiger partial charge is 0.433 e. The van der Waals surface area contributed by atoms with E-state index in [1.165, 1.54) is 24.3 Å². The number of aromatic nitrogens is 1. The molecule has 0 spiro atoms. The molecule has 0 fully saturated rings. The van der Waals surface area contributed by atoms with Gasteiger partial charge in [0.05, 0.1) is 10.6 Å². The summed E-state index contributed by atoms with van der Waals surface area (Å²) < 4.78 is 52.1. The molecule has 0 radical (unpaired) electrons. The van der Waals surface area contributed by atoms with Gasteiger partial charge in [0, 0.05) is 11.5 Å². The van der Waals surface area contributed by atoms with Crippen LogP contribution in [0.2, 0.25) is 0 Å². The molecule has 3 aromatic heterocycles. The Hall–Kier alpha value is -5.24. The number of fused-ring (bicyclic) bond motifs is 1. The van der Waals surface area contributed by atoms with Crippen LogP contribution in [0.3, 0.4) is 0 Å². The van der Waals surface area contributed by atoms with Crippen LogP contribution in [0.15, 0.2) is 71.1 Å². The van der Waals surface area contributed by atoms with Crippen molar-refractivity contribution in [3.05, 3.63) is 104 Å². The second-order valence-electron chi connectivity index (χ2n) is 9.01. The molecule has 0 bridgehead atoms. The van der Waals surface area contributed by atoms with Crippen LogP contribution in [0.4, 0.5) is 24.5 Å². The highest BCUT2D eigenvalue weighted by Crippen LogP contribution is 2.43. The van der Waals surface area contributed by atoms with Gasteiger partial charge in [0.2, 0.25) is 0 Å². The van der Waals surface area contributed by atoms with Crippen LogP contribution in [0.5, 0.6) is 5.75 Å². The molecule has 3 N–H and O–H groups in total. The minimum absolute atomic E-state index is 0.00279. The Morgan fingerprint density at radius 3 is 2.52 bits per heavy atom. The highest BCUT2D eigenvalue weighted by Gasteiger charge is 2.35. The number of furan rings is 1. The zero-order valence-electron chi connectivity index (χ0n) is 21.5. The van der Waals surface area contributed by atoms with E-state index in [1.807, 2.05) is 0 Å². The van der Waals surface area contributed by atoms with E-state index in [2.05, 4.69) is 10.3 Å². The van der Waals surface area contributed by atoms with E-state index in [4.69, 9.17) is 14.9 Å².